The molecule has 0 spiro atoms. The van der Waals surface area contributed by atoms with Crippen LogP contribution in [0.3, 0.4) is 0 Å². The smallest absolute Gasteiger partial charge is 0.230 e. The molecule has 34 heavy (non-hydrogen) atoms. The Bertz CT molecular complexity index is 1390. The Morgan fingerprint density at radius 3 is 2.59 bits per heavy atom. The molecule has 5 rings (SSSR count). The zero-order chi connectivity index (χ0) is 23.3. The van der Waals surface area contributed by atoms with Crippen molar-refractivity contribution in [3.63, 3.8) is 0 Å². The van der Waals surface area contributed by atoms with E-state index in [1.54, 1.807) is 6.26 Å². The third kappa shape index (κ3) is 4.75. The van der Waals surface area contributed by atoms with E-state index in [-0.39, 0.29) is 17.7 Å². The minimum absolute atomic E-state index is 0.0563. The first-order chi connectivity index (χ1) is 16.7. The normalized spacial score (nSPS) is 12.0. The van der Waals surface area contributed by atoms with Crippen molar-refractivity contribution in [1.82, 2.24) is 20.1 Å². The van der Waals surface area contributed by atoms with Crippen LogP contribution in [0.2, 0.25) is 0 Å². The topological polar surface area (TPSA) is 73.0 Å². The molecule has 3 aromatic carbocycles. The number of fused-ring (bicyclic) bond motifs is 1. The zero-order valence-electron chi connectivity index (χ0n) is 18.7. The Morgan fingerprint density at radius 1 is 0.971 bits per heavy atom. The molecule has 170 valence electrons. The fourth-order valence-electron chi connectivity index (χ4n) is 4.01. The van der Waals surface area contributed by atoms with Gasteiger partial charge < -0.3 is 9.73 Å². The molecule has 7 heteroatoms. The maximum absolute atomic E-state index is 12.8. The molecule has 0 radical (unpaired) electrons. The van der Waals surface area contributed by atoms with Crippen molar-refractivity contribution in [3.05, 3.63) is 102 Å². The number of carbonyl (C=O) groups is 1. The molecular weight excluding hydrogens is 444 g/mol. The summed E-state index contributed by atoms with van der Waals surface area (Å²) in [6, 6.07) is 28.1. The van der Waals surface area contributed by atoms with Crippen LogP contribution in [0.25, 0.3) is 22.4 Å². The van der Waals surface area contributed by atoms with E-state index in [2.05, 4.69) is 51.9 Å². The number of benzene rings is 3. The van der Waals surface area contributed by atoms with Crippen LogP contribution in [0.1, 0.15) is 24.1 Å². The molecule has 2 aromatic heterocycles. The van der Waals surface area contributed by atoms with Gasteiger partial charge in [-0.05, 0) is 41.0 Å². The number of furan rings is 1. The van der Waals surface area contributed by atoms with Crippen molar-refractivity contribution < 1.29 is 9.21 Å². The standard InChI is InChI=1S/C27H24N4O2S/c1-19(22-14-7-12-21-11-5-6-13-23(21)22)28-25(32)18-34-27-30-29-26(24-15-8-16-33-24)31(27)17-20-9-3-2-4-10-20/h2-16,19H,17-18H2,1H3,(H,28,32)/t19-/m1/s1. The summed E-state index contributed by atoms with van der Waals surface area (Å²) in [4.78, 5) is 12.8. The largest absolute Gasteiger partial charge is 0.461 e. The van der Waals surface area contributed by atoms with E-state index in [0.717, 1.165) is 21.9 Å². The van der Waals surface area contributed by atoms with Crippen LogP contribution in [0.15, 0.2) is 101 Å². The van der Waals surface area contributed by atoms with Gasteiger partial charge in [-0.1, -0.05) is 84.6 Å². The van der Waals surface area contributed by atoms with Gasteiger partial charge in [0.15, 0.2) is 10.9 Å². The molecule has 1 N–H and O–H groups in total. The average Bonchev–Trinajstić information content (AvgIpc) is 3.53. The summed E-state index contributed by atoms with van der Waals surface area (Å²) in [6.45, 7) is 2.59. The van der Waals surface area contributed by atoms with Gasteiger partial charge in [-0.15, -0.1) is 10.2 Å². The molecule has 1 atom stereocenters. The second-order valence-corrected chi connectivity index (χ2v) is 8.94. The predicted molar refractivity (Wildman–Crippen MR) is 134 cm³/mol. The first kappa shape index (κ1) is 22.0. The van der Waals surface area contributed by atoms with Gasteiger partial charge in [0.1, 0.15) is 0 Å². The molecule has 0 aliphatic heterocycles. The highest BCUT2D eigenvalue weighted by atomic mass is 32.2. The predicted octanol–water partition coefficient (Wildman–Crippen LogP) is 5.71. The molecule has 0 saturated carbocycles. The lowest BCUT2D eigenvalue weighted by Gasteiger charge is -2.16. The summed E-state index contributed by atoms with van der Waals surface area (Å²) >= 11 is 1.37. The van der Waals surface area contributed by atoms with Crippen LogP contribution in [0, 0.1) is 0 Å². The minimum atomic E-state index is -0.111. The number of nitrogens with zero attached hydrogens (tertiary/aromatic N) is 3. The molecule has 1 amide bonds. The number of amides is 1. The Labute approximate surface area is 202 Å². The number of rotatable bonds is 8. The van der Waals surface area contributed by atoms with Crippen LogP contribution < -0.4 is 5.32 Å². The fourth-order valence-corrected chi connectivity index (χ4v) is 4.76. The summed E-state index contributed by atoms with van der Waals surface area (Å²) in [7, 11) is 0. The Balaban J connectivity index is 1.31. The summed E-state index contributed by atoms with van der Waals surface area (Å²) in [5, 5.41) is 14.8. The number of aromatic nitrogens is 3. The van der Waals surface area contributed by atoms with Gasteiger partial charge in [0.25, 0.3) is 0 Å². The highest BCUT2D eigenvalue weighted by Gasteiger charge is 2.19. The van der Waals surface area contributed by atoms with Crippen LogP contribution in [0.5, 0.6) is 0 Å². The molecule has 6 nitrogen and oxygen atoms in total. The maximum atomic E-state index is 12.8. The van der Waals surface area contributed by atoms with Crippen molar-refractivity contribution in [3.8, 4) is 11.6 Å². The lowest BCUT2D eigenvalue weighted by molar-refractivity contribution is -0.119. The molecule has 0 unspecified atom stereocenters. The fraction of sp³-hybridized carbons (Fsp3) is 0.148. The van der Waals surface area contributed by atoms with E-state index < -0.39 is 0 Å². The monoisotopic (exact) mass is 468 g/mol. The number of thioether (sulfide) groups is 1. The number of hydrogen-bond donors (Lipinski definition) is 1. The summed E-state index contributed by atoms with van der Waals surface area (Å²) < 4.78 is 7.55. The third-order valence-electron chi connectivity index (χ3n) is 5.64. The van der Waals surface area contributed by atoms with E-state index in [1.165, 1.54) is 11.8 Å². The minimum Gasteiger partial charge on any atom is -0.461 e. The van der Waals surface area contributed by atoms with Gasteiger partial charge in [-0.3, -0.25) is 9.36 Å². The molecule has 0 aliphatic rings. The molecule has 0 bridgehead atoms. The van der Waals surface area contributed by atoms with Crippen LogP contribution in [-0.2, 0) is 11.3 Å². The molecule has 2 heterocycles. The summed E-state index contributed by atoms with van der Waals surface area (Å²) in [5.41, 5.74) is 2.22. The first-order valence-corrected chi connectivity index (χ1v) is 12.1. The van der Waals surface area contributed by atoms with Gasteiger partial charge in [0.05, 0.1) is 24.6 Å². The lowest BCUT2D eigenvalue weighted by atomic mass is 10.00. The van der Waals surface area contributed by atoms with Crippen molar-refractivity contribution in [2.45, 2.75) is 24.7 Å². The molecule has 5 aromatic rings. The third-order valence-corrected chi connectivity index (χ3v) is 6.61. The van der Waals surface area contributed by atoms with Gasteiger partial charge in [-0.2, -0.15) is 0 Å². The van der Waals surface area contributed by atoms with Crippen molar-refractivity contribution in [2.24, 2.45) is 0 Å². The van der Waals surface area contributed by atoms with Crippen LogP contribution in [-0.4, -0.2) is 26.4 Å². The molecular formula is C27H24N4O2S. The summed E-state index contributed by atoms with van der Waals surface area (Å²) in [5.74, 6) is 1.46. The second-order valence-electron chi connectivity index (χ2n) is 8.00. The zero-order valence-corrected chi connectivity index (χ0v) is 19.5. The van der Waals surface area contributed by atoms with Gasteiger partial charge in [0.2, 0.25) is 11.7 Å². The van der Waals surface area contributed by atoms with Crippen LogP contribution >= 0.6 is 11.8 Å². The van der Waals surface area contributed by atoms with E-state index >= 15 is 0 Å². The van der Waals surface area contributed by atoms with Crippen molar-refractivity contribution >= 4 is 28.4 Å². The Hall–Kier alpha value is -3.84. The van der Waals surface area contributed by atoms with Gasteiger partial charge in [-0.25, -0.2) is 0 Å². The quantitative estimate of drug-likeness (QED) is 0.295. The number of hydrogen-bond acceptors (Lipinski definition) is 5. The van der Waals surface area contributed by atoms with E-state index in [0.29, 0.717) is 23.3 Å². The number of carbonyl (C=O) groups excluding carboxylic acids is 1. The van der Waals surface area contributed by atoms with E-state index in [4.69, 9.17) is 4.42 Å². The highest BCUT2D eigenvalue weighted by molar-refractivity contribution is 7.99. The van der Waals surface area contributed by atoms with E-state index in [1.807, 2.05) is 60.0 Å². The molecule has 0 aliphatic carbocycles. The lowest BCUT2D eigenvalue weighted by Crippen LogP contribution is -2.28. The SMILES string of the molecule is C[C@@H](NC(=O)CSc1nnc(-c2ccco2)n1Cc1ccccc1)c1cccc2ccccc12. The molecule has 0 saturated heterocycles. The number of nitrogens with one attached hydrogen (secondary N) is 1. The second kappa shape index (κ2) is 9.97. The van der Waals surface area contributed by atoms with E-state index in [9.17, 15) is 4.79 Å². The average molecular weight is 469 g/mol. The van der Waals surface area contributed by atoms with Crippen molar-refractivity contribution in [1.29, 1.82) is 0 Å². The summed E-state index contributed by atoms with van der Waals surface area (Å²) in [6.07, 6.45) is 1.62. The van der Waals surface area contributed by atoms with Gasteiger partial charge in [0, 0.05) is 0 Å². The Kier molecular flexibility index (Phi) is 6.44. The van der Waals surface area contributed by atoms with Gasteiger partial charge >= 0.3 is 0 Å². The first-order valence-electron chi connectivity index (χ1n) is 11.1. The maximum Gasteiger partial charge on any atom is 0.230 e. The Morgan fingerprint density at radius 2 is 1.76 bits per heavy atom. The highest BCUT2D eigenvalue weighted by Crippen LogP contribution is 2.27. The van der Waals surface area contributed by atoms with Crippen LogP contribution in [0.4, 0.5) is 0 Å². The molecule has 0 fully saturated rings. The van der Waals surface area contributed by atoms with Crippen molar-refractivity contribution in [2.75, 3.05) is 5.75 Å².